The molecule has 0 spiro atoms. The van der Waals surface area contributed by atoms with Crippen LogP contribution in [0.1, 0.15) is 18.1 Å². The van der Waals surface area contributed by atoms with Gasteiger partial charge in [-0.15, -0.1) is 0 Å². The highest BCUT2D eigenvalue weighted by molar-refractivity contribution is 7.91. The van der Waals surface area contributed by atoms with Crippen LogP contribution >= 0.6 is 0 Å². The summed E-state index contributed by atoms with van der Waals surface area (Å²) in [4.78, 5) is 7.46. The number of alkyl halides is 6. The van der Waals surface area contributed by atoms with E-state index in [9.17, 15) is 30.9 Å². The van der Waals surface area contributed by atoms with Gasteiger partial charge in [-0.05, 0) is 42.4 Å². The molecule has 0 radical (unpaired) electrons. The molecule has 3 aromatic rings. The second-order valence-corrected chi connectivity index (χ2v) is 7.40. The van der Waals surface area contributed by atoms with E-state index in [4.69, 9.17) is 4.52 Å². The lowest BCUT2D eigenvalue weighted by Gasteiger charge is -2.13. The van der Waals surface area contributed by atoms with E-state index in [0.717, 1.165) is 30.3 Å². The van der Waals surface area contributed by atoms with Crippen LogP contribution in [0.2, 0.25) is 0 Å². The third-order valence-corrected chi connectivity index (χ3v) is 5.15. The van der Waals surface area contributed by atoms with Crippen LogP contribution in [0.4, 0.5) is 26.3 Å². The Morgan fingerprint density at radius 1 is 1.00 bits per heavy atom. The maximum atomic E-state index is 13.0. The summed E-state index contributed by atoms with van der Waals surface area (Å²) in [6.45, 7) is 1.53. The molecular weight excluding hydrogens is 424 g/mol. The first-order valence-corrected chi connectivity index (χ1v) is 9.30. The highest BCUT2D eigenvalue weighted by Crippen LogP contribution is 2.36. The number of rotatable bonds is 4. The van der Waals surface area contributed by atoms with Gasteiger partial charge in [0.05, 0.1) is 16.7 Å². The summed E-state index contributed by atoms with van der Waals surface area (Å²) < 4.78 is 94.0. The molecule has 2 heterocycles. The second kappa shape index (κ2) is 7.67. The molecule has 1 unspecified atom stereocenters. The monoisotopic (exact) mass is 435 g/mol. The van der Waals surface area contributed by atoms with Crippen molar-refractivity contribution in [3.8, 4) is 23.0 Å². The van der Waals surface area contributed by atoms with Crippen molar-refractivity contribution < 1.29 is 35.4 Å². The van der Waals surface area contributed by atoms with Gasteiger partial charge in [0.1, 0.15) is 11.4 Å². The van der Waals surface area contributed by atoms with Gasteiger partial charge in [0, 0.05) is 12.3 Å². The van der Waals surface area contributed by atoms with Crippen molar-refractivity contribution in [3.63, 3.8) is 0 Å². The van der Waals surface area contributed by atoms with E-state index < -0.39 is 34.7 Å². The summed E-state index contributed by atoms with van der Waals surface area (Å²) in [6.07, 6.45) is -8.59. The van der Waals surface area contributed by atoms with Crippen LogP contribution in [0.3, 0.4) is 0 Å². The van der Waals surface area contributed by atoms with Gasteiger partial charge in [-0.3, -0.25) is 4.98 Å². The number of hydrogen-bond donors (Lipinski definition) is 0. The quantitative estimate of drug-likeness (QED) is 0.428. The zero-order valence-corrected chi connectivity index (χ0v) is 15.3. The first-order chi connectivity index (χ1) is 13.5. The molecule has 0 saturated heterocycles. The van der Waals surface area contributed by atoms with E-state index in [1.165, 1.54) is 6.92 Å². The summed E-state index contributed by atoms with van der Waals surface area (Å²) in [5.74, 6) is -0.343. The third-order valence-electron chi connectivity index (χ3n) is 3.79. The summed E-state index contributed by atoms with van der Waals surface area (Å²) in [6, 6.07) is 4.41. The van der Waals surface area contributed by atoms with Crippen LogP contribution in [0.15, 0.2) is 45.9 Å². The van der Waals surface area contributed by atoms with Gasteiger partial charge in [-0.25, -0.2) is 0 Å². The maximum Gasteiger partial charge on any atom is 0.417 e. The Balaban J connectivity index is 1.99. The minimum Gasteiger partial charge on any atom is -0.611 e. The van der Waals surface area contributed by atoms with E-state index >= 15 is 0 Å². The van der Waals surface area contributed by atoms with Crippen molar-refractivity contribution in [3.05, 3.63) is 47.7 Å². The Morgan fingerprint density at radius 2 is 1.66 bits per heavy atom. The topological polar surface area (TPSA) is 74.9 Å². The van der Waals surface area contributed by atoms with E-state index in [0.29, 0.717) is 6.20 Å². The van der Waals surface area contributed by atoms with Crippen LogP contribution in [0.5, 0.6) is 0 Å². The molecule has 0 N–H and O–H groups in total. The van der Waals surface area contributed by atoms with E-state index in [1.54, 1.807) is 0 Å². The van der Waals surface area contributed by atoms with Gasteiger partial charge in [0.2, 0.25) is 5.82 Å². The molecule has 29 heavy (non-hydrogen) atoms. The second-order valence-electron chi connectivity index (χ2n) is 5.70. The highest BCUT2D eigenvalue weighted by atomic mass is 32.2. The van der Waals surface area contributed by atoms with Crippen LogP contribution in [-0.2, 0) is 23.5 Å². The molecule has 0 aliphatic heterocycles. The molecule has 1 atom stereocenters. The molecule has 0 amide bonds. The van der Waals surface area contributed by atoms with Gasteiger partial charge in [0.15, 0.2) is 4.90 Å². The van der Waals surface area contributed by atoms with Crippen LogP contribution in [0, 0.1) is 0 Å². The fourth-order valence-corrected chi connectivity index (χ4v) is 3.32. The zero-order chi connectivity index (χ0) is 21.4. The van der Waals surface area contributed by atoms with E-state index in [1.807, 2.05) is 0 Å². The molecular formula is C17H11F6N3O2S. The molecule has 3 rings (SSSR count). The molecule has 2 aromatic heterocycles. The minimum absolute atomic E-state index is 0.0296. The lowest BCUT2D eigenvalue weighted by molar-refractivity contribution is -0.138. The normalized spacial score (nSPS) is 13.5. The lowest BCUT2D eigenvalue weighted by Crippen LogP contribution is -2.10. The largest absolute Gasteiger partial charge is 0.611 e. The van der Waals surface area contributed by atoms with Crippen LogP contribution < -0.4 is 0 Å². The summed E-state index contributed by atoms with van der Waals surface area (Å²) in [5.41, 5.74) is -1.95. The van der Waals surface area contributed by atoms with Crippen LogP contribution in [0.25, 0.3) is 23.0 Å². The van der Waals surface area contributed by atoms with E-state index in [-0.39, 0.29) is 33.6 Å². The maximum absolute atomic E-state index is 13.0. The first kappa shape index (κ1) is 21.1. The number of benzene rings is 1. The fraction of sp³-hybridized carbons (Fsp3) is 0.235. The van der Waals surface area contributed by atoms with Crippen molar-refractivity contribution in [2.75, 3.05) is 5.75 Å². The van der Waals surface area contributed by atoms with Gasteiger partial charge in [-0.2, -0.15) is 31.3 Å². The number of halogens is 6. The molecule has 12 heteroatoms. The molecule has 0 saturated carbocycles. The predicted molar refractivity (Wildman–Crippen MR) is 89.9 cm³/mol. The summed E-state index contributed by atoms with van der Waals surface area (Å²) >= 11 is -1.76. The summed E-state index contributed by atoms with van der Waals surface area (Å²) in [5, 5.41) is 3.60. The van der Waals surface area contributed by atoms with Gasteiger partial charge in [-0.1, -0.05) is 5.16 Å². The van der Waals surface area contributed by atoms with Crippen molar-refractivity contribution in [2.45, 2.75) is 24.2 Å². The van der Waals surface area contributed by atoms with Crippen molar-refractivity contribution in [1.82, 2.24) is 15.1 Å². The van der Waals surface area contributed by atoms with Crippen molar-refractivity contribution >= 4 is 11.2 Å². The standard InChI is InChI=1S/C17H11F6N3O2S/c1-2-29(27)13-7-9(16(18,19)20)3-5-11(13)15-25-14(26-28-15)12-6-4-10(8-24-12)17(21,22)23/h3-8H,2H2,1H3. The van der Waals surface area contributed by atoms with Gasteiger partial charge in [0.25, 0.3) is 5.89 Å². The third kappa shape index (κ3) is 4.53. The molecule has 154 valence electrons. The fourth-order valence-electron chi connectivity index (χ4n) is 2.35. The zero-order valence-electron chi connectivity index (χ0n) is 14.5. The number of aromatic nitrogens is 3. The van der Waals surface area contributed by atoms with Crippen molar-refractivity contribution in [1.29, 1.82) is 0 Å². The lowest BCUT2D eigenvalue weighted by atomic mass is 10.1. The van der Waals surface area contributed by atoms with E-state index in [2.05, 4.69) is 15.1 Å². The molecule has 0 bridgehead atoms. The average Bonchev–Trinajstić information content (AvgIpc) is 3.15. The minimum atomic E-state index is -4.63. The Bertz CT molecular complexity index is 1000. The summed E-state index contributed by atoms with van der Waals surface area (Å²) in [7, 11) is 0. The Kier molecular flexibility index (Phi) is 5.59. The van der Waals surface area contributed by atoms with Gasteiger partial charge < -0.3 is 9.08 Å². The molecule has 0 aliphatic carbocycles. The smallest absolute Gasteiger partial charge is 0.417 e. The van der Waals surface area contributed by atoms with Gasteiger partial charge >= 0.3 is 12.4 Å². The Hall–Kier alpha value is -2.60. The van der Waals surface area contributed by atoms with Crippen molar-refractivity contribution in [2.24, 2.45) is 0 Å². The molecule has 0 aliphatic rings. The number of nitrogens with zero attached hydrogens (tertiary/aromatic N) is 3. The predicted octanol–water partition coefficient (Wildman–Crippen LogP) is 4.96. The van der Waals surface area contributed by atoms with Crippen LogP contribution in [-0.4, -0.2) is 25.4 Å². The number of pyridine rings is 1. The SMILES string of the molecule is CC[S+]([O-])c1cc(C(F)(F)F)ccc1-c1nc(-c2ccc(C(F)(F)F)cn2)no1. The molecule has 1 aromatic carbocycles. The first-order valence-electron chi connectivity index (χ1n) is 7.98. The Morgan fingerprint density at radius 3 is 2.21 bits per heavy atom. The number of hydrogen-bond acceptors (Lipinski definition) is 5. The molecule has 5 nitrogen and oxygen atoms in total. The Labute approximate surface area is 162 Å². The molecule has 0 fully saturated rings. The average molecular weight is 435 g/mol. The highest BCUT2D eigenvalue weighted by Gasteiger charge is 2.34.